The van der Waals surface area contributed by atoms with Crippen molar-refractivity contribution in [1.29, 1.82) is 0 Å². The van der Waals surface area contributed by atoms with Gasteiger partial charge in [-0.25, -0.2) is 13.1 Å². The largest absolute Gasteiger partial charge is 0.409 e. The van der Waals surface area contributed by atoms with Gasteiger partial charge in [0.15, 0.2) is 0 Å². The van der Waals surface area contributed by atoms with E-state index in [1.165, 1.54) is 5.56 Å². The third-order valence-electron chi connectivity index (χ3n) is 7.05. The summed E-state index contributed by atoms with van der Waals surface area (Å²) in [6.45, 7) is 3.70. The molecule has 0 N–H and O–H groups in total. The number of piperidine rings is 2. The summed E-state index contributed by atoms with van der Waals surface area (Å²) in [6.07, 6.45) is 6.29. The number of aromatic nitrogens is 2. The first-order valence-corrected chi connectivity index (χ1v) is 14.3. The SMILES string of the molecule is O=S(=O)(c1cccc(-c2nn(CN3CCC(Cc4ccccc4)CC3)c(=S)o2)c1)N1CCCCC1. The van der Waals surface area contributed by atoms with Gasteiger partial charge in [0.2, 0.25) is 15.9 Å². The van der Waals surface area contributed by atoms with Crippen LogP contribution in [0.15, 0.2) is 63.9 Å². The zero-order chi connectivity index (χ0) is 24.3. The summed E-state index contributed by atoms with van der Waals surface area (Å²) >= 11 is 5.44. The van der Waals surface area contributed by atoms with Crippen molar-refractivity contribution >= 4 is 22.2 Å². The van der Waals surface area contributed by atoms with Crippen LogP contribution in [0.25, 0.3) is 11.5 Å². The summed E-state index contributed by atoms with van der Waals surface area (Å²) in [5.41, 5.74) is 2.02. The normalized spacial score (nSPS) is 18.6. The number of nitrogens with zero attached hydrogens (tertiary/aromatic N) is 4. The fourth-order valence-corrected chi connectivity index (χ4v) is 6.77. The predicted octanol–water partition coefficient (Wildman–Crippen LogP) is 4.96. The van der Waals surface area contributed by atoms with Crippen LogP contribution in [0.3, 0.4) is 0 Å². The first kappa shape index (κ1) is 24.4. The van der Waals surface area contributed by atoms with Crippen LogP contribution in [0.5, 0.6) is 0 Å². The molecule has 0 saturated carbocycles. The van der Waals surface area contributed by atoms with E-state index in [2.05, 4.69) is 40.3 Å². The number of benzene rings is 2. The van der Waals surface area contributed by atoms with E-state index < -0.39 is 10.0 Å². The average molecular weight is 513 g/mol. The standard InChI is InChI=1S/C26H32N4O3S2/c31-35(32,29-14-5-2-6-15-29)24-11-7-10-23(19-24)25-27-30(26(34)33-25)20-28-16-12-22(13-17-28)18-21-8-3-1-4-9-21/h1,3-4,7-11,19,22H,2,5-6,12-18,20H2. The molecule has 0 amide bonds. The Morgan fingerprint density at radius 2 is 1.69 bits per heavy atom. The maximum atomic E-state index is 13.1. The van der Waals surface area contributed by atoms with E-state index in [1.54, 1.807) is 27.2 Å². The smallest absolute Gasteiger partial charge is 0.288 e. The maximum Gasteiger partial charge on any atom is 0.288 e. The molecule has 0 spiro atoms. The lowest BCUT2D eigenvalue weighted by molar-refractivity contribution is 0.138. The van der Waals surface area contributed by atoms with E-state index >= 15 is 0 Å². The molecule has 2 aliphatic rings. The number of rotatable bonds is 7. The number of hydrogen-bond acceptors (Lipinski definition) is 6. The van der Waals surface area contributed by atoms with Crippen molar-refractivity contribution in [3.8, 4) is 11.5 Å². The van der Waals surface area contributed by atoms with Crippen LogP contribution in [0.1, 0.15) is 37.7 Å². The van der Waals surface area contributed by atoms with Crippen molar-refractivity contribution in [2.45, 2.75) is 50.1 Å². The van der Waals surface area contributed by atoms with Gasteiger partial charge in [0.25, 0.3) is 4.84 Å². The quantitative estimate of drug-likeness (QED) is 0.417. The van der Waals surface area contributed by atoms with Gasteiger partial charge in [-0.1, -0.05) is 42.8 Å². The Kier molecular flexibility index (Phi) is 7.48. The second kappa shape index (κ2) is 10.7. The molecule has 3 heterocycles. The van der Waals surface area contributed by atoms with E-state index in [0.29, 0.717) is 42.0 Å². The van der Waals surface area contributed by atoms with Crippen LogP contribution in [-0.2, 0) is 23.1 Å². The first-order chi connectivity index (χ1) is 17.0. The lowest BCUT2D eigenvalue weighted by Crippen LogP contribution is -2.36. The highest BCUT2D eigenvalue weighted by atomic mass is 32.2. The molecule has 0 aliphatic carbocycles. The van der Waals surface area contributed by atoms with E-state index in [1.807, 2.05) is 6.07 Å². The fourth-order valence-electron chi connectivity index (χ4n) is 5.03. The van der Waals surface area contributed by atoms with Gasteiger partial charge in [0.05, 0.1) is 11.6 Å². The first-order valence-electron chi connectivity index (χ1n) is 12.4. The molecule has 35 heavy (non-hydrogen) atoms. The van der Waals surface area contributed by atoms with Crippen LogP contribution >= 0.6 is 12.2 Å². The summed E-state index contributed by atoms with van der Waals surface area (Å²) in [5, 5.41) is 4.59. The Balaban J connectivity index is 1.24. The van der Waals surface area contributed by atoms with E-state index in [4.69, 9.17) is 16.6 Å². The minimum atomic E-state index is -3.52. The molecular weight excluding hydrogens is 480 g/mol. The van der Waals surface area contributed by atoms with Gasteiger partial charge in [0.1, 0.15) is 0 Å². The third kappa shape index (κ3) is 5.74. The molecule has 5 rings (SSSR count). The highest BCUT2D eigenvalue weighted by Crippen LogP contribution is 2.26. The van der Waals surface area contributed by atoms with Crippen molar-refractivity contribution < 1.29 is 12.8 Å². The summed E-state index contributed by atoms with van der Waals surface area (Å²) in [6, 6.07) is 17.5. The molecule has 2 fully saturated rings. The minimum Gasteiger partial charge on any atom is -0.409 e. The lowest BCUT2D eigenvalue weighted by Gasteiger charge is -2.31. The predicted molar refractivity (Wildman–Crippen MR) is 138 cm³/mol. The summed E-state index contributed by atoms with van der Waals surface area (Å²) < 4.78 is 35.2. The Bertz CT molecular complexity index is 1290. The van der Waals surface area contributed by atoms with Crippen LogP contribution in [0, 0.1) is 10.8 Å². The highest BCUT2D eigenvalue weighted by molar-refractivity contribution is 7.89. The van der Waals surface area contributed by atoms with Crippen LogP contribution in [-0.4, -0.2) is 53.6 Å². The number of likely N-dealkylation sites (tertiary alicyclic amines) is 1. The summed E-state index contributed by atoms with van der Waals surface area (Å²) in [5.74, 6) is 1.05. The molecule has 2 aromatic carbocycles. The molecule has 186 valence electrons. The fraction of sp³-hybridized carbons (Fsp3) is 0.462. The molecule has 1 aromatic heterocycles. The van der Waals surface area contributed by atoms with E-state index in [-0.39, 0.29) is 4.90 Å². The molecule has 2 saturated heterocycles. The van der Waals surface area contributed by atoms with E-state index in [9.17, 15) is 8.42 Å². The van der Waals surface area contributed by atoms with Gasteiger partial charge >= 0.3 is 0 Å². The number of sulfonamides is 1. The van der Waals surface area contributed by atoms with Crippen molar-refractivity contribution in [3.63, 3.8) is 0 Å². The van der Waals surface area contributed by atoms with Crippen molar-refractivity contribution in [1.82, 2.24) is 19.0 Å². The lowest BCUT2D eigenvalue weighted by atomic mass is 9.90. The van der Waals surface area contributed by atoms with Crippen molar-refractivity contribution in [2.24, 2.45) is 5.92 Å². The summed E-state index contributed by atoms with van der Waals surface area (Å²) in [4.78, 5) is 2.92. The zero-order valence-electron chi connectivity index (χ0n) is 19.9. The molecule has 7 nitrogen and oxygen atoms in total. The van der Waals surface area contributed by atoms with Gasteiger partial charge in [-0.3, -0.25) is 4.90 Å². The van der Waals surface area contributed by atoms with Crippen molar-refractivity contribution in [3.05, 3.63) is 65.0 Å². The molecule has 0 unspecified atom stereocenters. The minimum absolute atomic E-state index is 0.271. The molecule has 3 aromatic rings. The van der Waals surface area contributed by atoms with Gasteiger partial charge < -0.3 is 4.42 Å². The highest BCUT2D eigenvalue weighted by Gasteiger charge is 2.27. The second-order valence-electron chi connectivity index (χ2n) is 9.56. The Labute approximate surface area is 212 Å². The number of hydrogen-bond donors (Lipinski definition) is 0. The Hall–Kier alpha value is -2.33. The third-order valence-corrected chi connectivity index (χ3v) is 9.24. The van der Waals surface area contributed by atoms with Gasteiger partial charge in [0, 0.05) is 31.7 Å². The Morgan fingerprint density at radius 3 is 2.43 bits per heavy atom. The van der Waals surface area contributed by atoms with E-state index in [0.717, 1.165) is 51.6 Å². The Morgan fingerprint density at radius 1 is 0.943 bits per heavy atom. The molecular formula is C26H32N4O3S2. The van der Waals surface area contributed by atoms with Crippen molar-refractivity contribution in [2.75, 3.05) is 26.2 Å². The topological polar surface area (TPSA) is 71.6 Å². The van der Waals surface area contributed by atoms with Gasteiger partial charge in [-0.05, 0) is 74.0 Å². The zero-order valence-corrected chi connectivity index (χ0v) is 21.5. The van der Waals surface area contributed by atoms with Crippen LogP contribution in [0.2, 0.25) is 0 Å². The molecule has 2 aliphatic heterocycles. The molecule has 0 radical (unpaired) electrons. The molecule has 0 atom stereocenters. The van der Waals surface area contributed by atoms with Crippen LogP contribution in [0.4, 0.5) is 0 Å². The van der Waals surface area contributed by atoms with Gasteiger partial charge in [-0.15, -0.1) is 5.10 Å². The second-order valence-corrected chi connectivity index (χ2v) is 11.8. The van der Waals surface area contributed by atoms with Gasteiger partial charge in [-0.2, -0.15) is 4.31 Å². The monoisotopic (exact) mass is 512 g/mol. The summed E-state index contributed by atoms with van der Waals surface area (Å²) in [7, 11) is -3.52. The maximum absolute atomic E-state index is 13.1. The molecule has 9 heteroatoms. The van der Waals surface area contributed by atoms with Crippen LogP contribution < -0.4 is 0 Å². The molecule has 0 bridgehead atoms. The average Bonchev–Trinajstić information content (AvgIpc) is 3.26.